The molecule has 0 bridgehead atoms. The van der Waals surface area contributed by atoms with Gasteiger partial charge < -0.3 is 15.8 Å². The minimum atomic E-state index is -0.289. The lowest BCUT2D eigenvalue weighted by Gasteiger charge is -2.10. The second-order valence-electron chi connectivity index (χ2n) is 4.43. The van der Waals surface area contributed by atoms with E-state index in [2.05, 4.69) is 5.32 Å². The van der Waals surface area contributed by atoms with Crippen LogP contribution in [0.5, 0.6) is 5.75 Å². The van der Waals surface area contributed by atoms with Gasteiger partial charge in [-0.2, -0.15) is 0 Å². The number of anilines is 2. The summed E-state index contributed by atoms with van der Waals surface area (Å²) in [5.41, 5.74) is 8.19. The van der Waals surface area contributed by atoms with Gasteiger partial charge in [-0.15, -0.1) is 0 Å². The molecule has 0 aromatic heterocycles. The Morgan fingerprint density at radius 3 is 2.70 bits per heavy atom. The number of methoxy groups -OCH3 is 1. The highest BCUT2D eigenvalue weighted by Crippen LogP contribution is 2.24. The van der Waals surface area contributed by atoms with Crippen molar-refractivity contribution in [1.82, 2.24) is 0 Å². The molecule has 2 aromatic carbocycles. The lowest BCUT2D eigenvalue weighted by atomic mass is 10.1. The first-order valence-electron chi connectivity index (χ1n) is 6.01. The van der Waals surface area contributed by atoms with E-state index in [4.69, 9.17) is 22.1 Å². The van der Waals surface area contributed by atoms with E-state index >= 15 is 0 Å². The van der Waals surface area contributed by atoms with E-state index in [1.54, 1.807) is 24.3 Å². The molecule has 0 spiro atoms. The Labute approximate surface area is 122 Å². The number of hydrogen-bond donors (Lipinski definition) is 2. The topological polar surface area (TPSA) is 64.3 Å². The van der Waals surface area contributed by atoms with Crippen LogP contribution in [0.3, 0.4) is 0 Å². The van der Waals surface area contributed by atoms with Gasteiger partial charge in [0.05, 0.1) is 17.8 Å². The van der Waals surface area contributed by atoms with Crippen molar-refractivity contribution in [3.63, 3.8) is 0 Å². The number of rotatable bonds is 3. The van der Waals surface area contributed by atoms with Crippen LogP contribution in [-0.2, 0) is 0 Å². The van der Waals surface area contributed by atoms with Gasteiger partial charge in [0.15, 0.2) is 0 Å². The zero-order valence-corrected chi connectivity index (χ0v) is 12.0. The molecule has 3 N–H and O–H groups in total. The van der Waals surface area contributed by atoms with E-state index < -0.39 is 0 Å². The predicted octanol–water partition coefficient (Wildman–Crippen LogP) is 3.49. The van der Waals surface area contributed by atoms with Crippen molar-refractivity contribution in [2.24, 2.45) is 0 Å². The number of aryl methyl sites for hydroxylation is 1. The number of ether oxygens (including phenoxy) is 1. The van der Waals surface area contributed by atoms with Crippen molar-refractivity contribution in [3.05, 3.63) is 52.5 Å². The van der Waals surface area contributed by atoms with Crippen molar-refractivity contribution < 1.29 is 9.53 Å². The first-order valence-corrected chi connectivity index (χ1v) is 6.39. The van der Waals surface area contributed by atoms with Gasteiger partial charge in [0.25, 0.3) is 5.91 Å². The Bertz CT molecular complexity index is 656. The molecule has 4 nitrogen and oxygen atoms in total. The molecule has 0 aliphatic carbocycles. The maximum atomic E-state index is 12.2. The Morgan fingerprint density at radius 1 is 1.25 bits per heavy atom. The Kier molecular flexibility index (Phi) is 4.15. The third-order valence-corrected chi connectivity index (χ3v) is 3.13. The molecule has 20 heavy (non-hydrogen) atoms. The molecular weight excluding hydrogens is 276 g/mol. The third kappa shape index (κ3) is 3.22. The van der Waals surface area contributed by atoms with Gasteiger partial charge >= 0.3 is 0 Å². The molecule has 2 aromatic rings. The standard InChI is InChI=1S/C15H15ClN2O2/c1-9-3-4-13(16)14(5-9)18-15(19)10-6-11(17)8-12(7-10)20-2/h3-8H,17H2,1-2H3,(H,18,19). The molecular formula is C15H15ClN2O2. The molecule has 0 saturated heterocycles. The van der Waals surface area contributed by atoms with Crippen LogP contribution in [0.25, 0.3) is 0 Å². The lowest BCUT2D eigenvalue weighted by molar-refractivity contribution is 0.102. The predicted molar refractivity (Wildman–Crippen MR) is 81.5 cm³/mol. The van der Waals surface area contributed by atoms with Crippen molar-refractivity contribution in [2.75, 3.05) is 18.2 Å². The number of benzene rings is 2. The van der Waals surface area contributed by atoms with Crippen LogP contribution in [0.2, 0.25) is 5.02 Å². The molecule has 5 heteroatoms. The number of amides is 1. The smallest absolute Gasteiger partial charge is 0.255 e. The molecule has 2 rings (SSSR count). The van der Waals surface area contributed by atoms with Crippen molar-refractivity contribution in [3.8, 4) is 5.75 Å². The van der Waals surface area contributed by atoms with Crippen LogP contribution in [0.1, 0.15) is 15.9 Å². The molecule has 104 valence electrons. The normalized spacial score (nSPS) is 10.2. The van der Waals surface area contributed by atoms with Crippen LogP contribution in [0.4, 0.5) is 11.4 Å². The van der Waals surface area contributed by atoms with Crippen LogP contribution >= 0.6 is 11.6 Å². The summed E-state index contributed by atoms with van der Waals surface area (Å²) in [6.45, 7) is 1.93. The number of carbonyl (C=O) groups excluding carboxylic acids is 1. The van der Waals surface area contributed by atoms with Crippen LogP contribution in [0, 0.1) is 6.92 Å². The molecule has 0 radical (unpaired) electrons. The second kappa shape index (κ2) is 5.84. The van der Waals surface area contributed by atoms with Gasteiger partial charge in [-0.3, -0.25) is 4.79 Å². The maximum Gasteiger partial charge on any atom is 0.255 e. The molecule has 0 fully saturated rings. The highest BCUT2D eigenvalue weighted by Gasteiger charge is 2.10. The van der Waals surface area contributed by atoms with Gasteiger partial charge in [0, 0.05) is 17.3 Å². The highest BCUT2D eigenvalue weighted by atomic mass is 35.5. The second-order valence-corrected chi connectivity index (χ2v) is 4.84. The van der Waals surface area contributed by atoms with Gasteiger partial charge in [0.2, 0.25) is 0 Å². The number of nitrogens with two attached hydrogens (primary N) is 1. The third-order valence-electron chi connectivity index (χ3n) is 2.80. The summed E-state index contributed by atoms with van der Waals surface area (Å²) in [5, 5.41) is 3.25. The van der Waals surface area contributed by atoms with E-state index in [0.717, 1.165) is 5.56 Å². The van der Waals surface area contributed by atoms with E-state index in [0.29, 0.717) is 27.7 Å². The SMILES string of the molecule is COc1cc(N)cc(C(=O)Nc2cc(C)ccc2Cl)c1. The molecule has 1 amide bonds. The van der Waals surface area contributed by atoms with Gasteiger partial charge in [-0.25, -0.2) is 0 Å². The van der Waals surface area contributed by atoms with Gasteiger partial charge in [0.1, 0.15) is 5.75 Å². The van der Waals surface area contributed by atoms with Gasteiger partial charge in [-0.05, 0) is 36.8 Å². The average molecular weight is 291 g/mol. The number of nitrogen functional groups attached to an aromatic ring is 1. The van der Waals surface area contributed by atoms with E-state index in [9.17, 15) is 4.79 Å². The summed E-state index contributed by atoms with van der Waals surface area (Å²) >= 11 is 6.05. The highest BCUT2D eigenvalue weighted by molar-refractivity contribution is 6.34. The maximum absolute atomic E-state index is 12.2. The van der Waals surface area contributed by atoms with Crippen LogP contribution in [0.15, 0.2) is 36.4 Å². The number of hydrogen-bond acceptors (Lipinski definition) is 3. The Morgan fingerprint density at radius 2 is 2.00 bits per heavy atom. The fourth-order valence-corrected chi connectivity index (χ4v) is 1.97. The van der Waals surface area contributed by atoms with Crippen LogP contribution < -0.4 is 15.8 Å². The number of halogens is 1. The minimum Gasteiger partial charge on any atom is -0.497 e. The molecule has 0 atom stereocenters. The van der Waals surface area contributed by atoms with Gasteiger partial charge in [-0.1, -0.05) is 17.7 Å². The largest absolute Gasteiger partial charge is 0.497 e. The molecule has 0 aliphatic heterocycles. The molecule has 0 aliphatic rings. The quantitative estimate of drug-likeness (QED) is 0.851. The minimum absolute atomic E-state index is 0.289. The Hall–Kier alpha value is -2.20. The average Bonchev–Trinajstić information content (AvgIpc) is 2.42. The first-order chi connectivity index (χ1) is 9.49. The molecule has 0 unspecified atom stereocenters. The number of carbonyl (C=O) groups is 1. The monoisotopic (exact) mass is 290 g/mol. The fraction of sp³-hybridized carbons (Fsp3) is 0.133. The summed E-state index contributed by atoms with van der Waals surface area (Å²) in [6.07, 6.45) is 0. The molecule has 0 heterocycles. The Balaban J connectivity index is 2.28. The van der Waals surface area contributed by atoms with E-state index in [1.807, 2.05) is 19.1 Å². The molecule has 0 saturated carbocycles. The summed E-state index contributed by atoms with van der Waals surface area (Å²) in [4.78, 5) is 12.2. The zero-order valence-electron chi connectivity index (χ0n) is 11.2. The van der Waals surface area contributed by atoms with Crippen LogP contribution in [-0.4, -0.2) is 13.0 Å². The summed E-state index contributed by atoms with van der Waals surface area (Å²) in [7, 11) is 1.52. The van der Waals surface area contributed by atoms with Crippen molar-refractivity contribution >= 4 is 28.9 Å². The van der Waals surface area contributed by atoms with E-state index in [1.165, 1.54) is 7.11 Å². The lowest BCUT2D eigenvalue weighted by Crippen LogP contribution is -2.13. The van der Waals surface area contributed by atoms with E-state index in [-0.39, 0.29) is 5.91 Å². The summed E-state index contributed by atoms with van der Waals surface area (Å²) in [6, 6.07) is 10.3. The fourth-order valence-electron chi connectivity index (χ4n) is 1.80. The first kappa shape index (κ1) is 14.2. The summed E-state index contributed by atoms with van der Waals surface area (Å²) in [5.74, 6) is 0.244. The summed E-state index contributed by atoms with van der Waals surface area (Å²) < 4.78 is 5.09. The zero-order chi connectivity index (χ0) is 14.7. The number of nitrogens with one attached hydrogen (secondary N) is 1. The van der Waals surface area contributed by atoms with Crippen molar-refractivity contribution in [2.45, 2.75) is 6.92 Å². The van der Waals surface area contributed by atoms with Crippen molar-refractivity contribution in [1.29, 1.82) is 0 Å².